The maximum absolute atomic E-state index is 5.01. The minimum Gasteiger partial charge on any atom is -0.382 e. The van der Waals surface area contributed by atoms with Gasteiger partial charge >= 0.3 is 0 Å². The van der Waals surface area contributed by atoms with Gasteiger partial charge in [-0.25, -0.2) is 0 Å². The summed E-state index contributed by atoms with van der Waals surface area (Å²) in [5.41, 5.74) is 1.47. The molecule has 0 fully saturated rings. The Balaban J connectivity index is 0. The summed E-state index contributed by atoms with van der Waals surface area (Å²) in [5.74, 6) is 0. The summed E-state index contributed by atoms with van der Waals surface area (Å²) in [6.45, 7) is 7.53. The zero-order valence-corrected chi connectivity index (χ0v) is 7.11. The quantitative estimate of drug-likeness (QED) is 0.588. The van der Waals surface area contributed by atoms with Crippen LogP contribution in [0.15, 0.2) is 11.6 Å². The van der Waals surface area contributed by atoms with Gasteiger partial charge in [0.1, 0.15) is 0 Å². The number of allylic oxidation sites excluding steroid dienone is 1. The van der Waals surface area contributed by atoms with Crippen LogP contribution in [0.5, 0.6) is 0 Å². The molecule has 0 aromatic rings. The van der Waals surface area contributed by atoms with E-state index in [0.717, 1.165) is 13.2 Å². The predicted octanol–water partition coefficient (Wildman–Crippen LogP) is 2.80. The van der Waals surface area contributed by atoms with Crippen LogP contribution in [0.25, 0.3) is 0 Å². The molecule has 0 aromatic carbocycles. The molecule has 0 amide bonds. The van der Waals surface area contributed by atoms with Crippen LogP contribution >= 0.6 is 11.6 Å². The van der Waals surface area contributed by atoms with Gasteiger partial charge in [0.2, 0.25) is 0 Å². The van der Waals surface area contributed by atoms with Crippen LogP contribution in [0.3, 0.4) is 0 Å². The van der Waals surface area contributed by atoms with E-state index >= 15 is 0 Å². The van der Waals surface area contributed by atoms with Crippen molar-refractivity contribution in [2.45, 2.75) is 20.8 Å². The van der Waals surface area contributed by atoms with E-state index in [2.05, 4.69) is 0 Å². The van der Waals surface area contributed by atoms with E-state index in [1.807, 2.05) is 20.8 Å². The molecular formula is C7H15ClO. The molecule has 0 aliphatic heterocycles. The largest absolute Gasteiger partial charge is 0.382 e. The lowest BCUT2D eigenvalue weighted by Crippen LogP contribution is -1.84. The van der Waals surface area contributed by atoms with Crippen molar-refractivity contribution in [1.29, 1.82) is 0 Å². The minimum absolute atomic E-state index is 0.844. The fourth-order valence-electron chi connectivity index (χ4n) is 0.204. The molecule has 0 saturated heterocycles. The van der Waals surface area contributed by atoms with Crippen molar-refractivity contribution >= 4 is 11.6 Å². The summed E-state index contributed by atoms with van der Waals surface area (Å²) in [6.07, 6.45) is 1.77. The summed E-state index contributed by atoms with van der Waals surface area (Å²) in [7, 11) is 0. The standard InChI is InChI=1S/C4H10O.C3H5Cl/c1-3-5-4-2;1-2-3-4/h3-4H2,1-2H3;2-3H,1H3. The Kier molecular flexibility index (Phi) is 20.5. The van der Waals surface area contributed by atoms with Gasteiger partial charge < -0.3 is 4.74 Å². The van der Waals surface area contributed by atoms with Crippen molar-refractivity contribution in [3.8, 4) is 0 Å². The highest BCUT2D eigenvalue weighted by Crippen LogP contribution is 1.70. The van der Waals surface area contributed by atoms with E-state index < -0.39 is 0 Å². The summed E-state index contributed by atoms with van der Waals surface area (Å²) >= 11 is 5.01. The number of hydrogen-bond donors (Lipinski definition) is 0. The molecule has 0 unspecified atom stereocenters. The molecule has 56 valence electrons. The molecule has 1 nitrogen and oxygen atoms in total. The number of halogens is 1. The zero-order chi connectivity index (χ0) is 7.54. The first-order valence-electron chi connectivity index (χ1n) is 3.12. The van der Waals surface area contributed by atoms with Crippen molar-refractivity contribution in [3.63, 3.8) is 0 Å². The molecule has 0 bridgehead atoms. The smallest absolute Gasteiger partial charge is 0.0437 e. The summed E-state index contributed by atoms with van der Waals surface area (Å²) in [6, 6.07) is 0. The molecule has 0 N–H and O–H groups in total. The number of rotatable bonds is 2. The maximum atomic E-state index is 5.01. The van der Waals surface area contributed by atoms with E-state index in [0.29, 0.717) is 0 Å². The van der Waals surface area contributed by atoms with E-state index in [9.17, 15) is 0 Å². The SMILES string of the molecule is CC=CCl.CCOCC. The van der Waals surface area contributed by atoms with Crippen LogP contribution in [0.1, 0.15) is 20.8 Å². The third kappa shape index (κ3) is 32.1. The van der Waals surface area contributed by atoms with Gasteiger partial charge in [0.05, 0.1) is 0 Å². The van der Waals surface area contributed by atoms with Gasteiger partial charge in [-0.15, -0.1) is 0 Å². The Morgan fingerprint density at radius 2 is 1.67 bits per heavy atom. The first-order valence-corrected chi connectivity index (χ1v) is 3.56. The van der Waals surface area contributed by atoms with Crippen LogP contribution < -0.4 is 0 Å². The lowest BCUT2D eigenvalue weighted by atomic mass is 10.8. The fourth-order valence-corrected chi connectivity index (χ4v) is 0.204. The summed E-state index contributed by atoms with van der Waals surface area (Å²) in [5, 5.41) is 0. The molecule has 0 aliphatic carbocycles. The minimum atomic E-state index is 0.844. The molecule has 0 rings (SSSR count). The van der Waals surface area contributed by atoms with E-state index in [-0.39, 0.29) is 0 Å². The first kappa shape index (κ1) is 11.7. The van der Waals surface area contributed by atoms with Gasteiger partial charge in [0, 0.05) is 13.2 Å². The lowest BCUT2D eigenvalue weighted by molar-refractivity contribution is 0.162. The molecule has 0 saturated carbocycles. The Bertz CT molecular complexity index is 46.9. The summed E-state index contributed by atoms with van der Waals surface area (Å²) < 4.78 is 4.83. The van der Waals surface area contributed by atoms with Crippen LogP contribution in [0.4, 0.5) is 0 Å². The molecule has 2 heteroatoms. The topological polar surface area (TPSA) is 9.23 Å². The van der Waals surface area contributed by atoms with Crippen molar-refractivity contribution in [2.24, 2.45) is 0 Å². The highest BCUT2D eigenvalue weighted by Gasteiger charge is 1.64. The van der Waals surface area contributed by atoms with Gasteiger partial charge in [-0.3, -0.25) is 0 Å². The molecule has 0 radical (unpaired) electrons. The first-order chi connectivity index (χ1) is 4.33. The molecule has 0 aliphatic rings. The van der Waals surface area contributed by atoms with Crippen molar-refractivity contribution < 1.29 is 4.74 Å². The van der Waals surface area contributed by atoms with Crippen molar-refractivity contribution in [2.75, 3.05) is 13.2 Å². The third-order valence-electron chi connectivity index (χ3n) is 0.534. The average molecular weight is 151 g/mol. The van der Waals surface area contributed by atoms with E-state index in [4.69, 9.17) is 16.3 Å². The Morgan fingerprint density at radius 3 is 1.67 bits per heavy atom. The van der Waals surface area contributed by atoms with E-state index in [1.165, 1.54) is 5.54 Å². The van der Waals surface area contributed by atoms with Crippen LogP contribution in [0, 0.1) is 0 Å². The molecule has 0 spiro atoms. The second-order valence-electron chi connectivity index (χ2n) is 1.24. The summed E-state index contributed by atoms with van der Waals surface area (Å²) in [4.78, 5) is 0. The van der Waals surface area contributed by atoms with Gasteiger partial charge in [-0.2, -0.15) is 0 Å². The highest BCUT2D eigenvalue weighted by molar-refractivity contribution is 6.25. The van der Waals surface area contributed by atoms with Gasteiger partial charge in [-0.05, 0) is 26.3 Å². The molecule has 0 heterocycles. The van der Waals surface area contributed by atoms with Crippen LogP contribution in [-0.2, 0) is 4.74 Å². The van der Waals surface area contributed by atoms with Crippen molar-refractivity contribution in [3.05, 3.63) is 11.6 Å². The Labute approximate surface area is 62.7 Å². The highest BCUT2D eigenvalue weighted by atomic mass is 35.5. The lowest BCUT2D eigenvalue weighted by Gasteiger charge is -1.86. The van der Waals surface area contributed by atoms with Crippen molar-refractivity contribution in [1.82, 2.24) is 0 Å². The van der Waals surface area contributed by atoms with Gasteiger partial charge in [0.25, 0.3) is 0 Å². The second kappa shape index (κ2) is 15.7. The Morgan fingerprint density at radius 1 is 1.33 bits per heavy atom. The fraction of sp³-hybridized carbons (Fsp3) is 0.714. The predicted molar refractivity (Wildman–Crippen MR) is 42.8 cm³/mol. The monoisotopic (exact) mass is 150 g/mol. The van der Waals surface area contributed by atoms with Gasteiger partial charge in [-0.1, -0.05) is 17.7 Å². The number of hydrogen-bond acceptors (Lipinski definition) is 1. The number of ether oxygens (including phenoxy) is 1. The third-order valence-corrected chi connectivity index (χ3v) is 0.786. The molecule has 9 heavy (non-hydrogen) atoms. The van der Waals surface area contributed by atoms with Gasteiger partial charge in [0.15, 0.2) is 0 Å². The normalized spacial score (nSPS) is 8.89. The van der Waals surface area contributed by atoms with Crippen LogP contribution in [0.2, 0.25) is 0 Å². The average Bonchev–Trinajstić information content (AvgIpc) is 1.91. The zero-order valence-electron chi connectivity index (χ0n) is 6.36. The maximum Gasteiger partial charge on any atom is 0.0437 e. The van der Waals surface area contributed by atoms with Crippen LogP contribution in [-0.4, -0.2) is 13.2 Å². The molecule has 0 aromatic heterocycles. The Hall–Kier alpha value is -0.0100. The second-order valence-corrected chi connectivity index (χ2v) is 1.49. The molecular weight excluding hydrogens is 136 g/mol. The molecule has 0 atom stereocenters. The van der Waals surface area contributed by atoms with E-state index in [1.54, 1.807) is 6.08 Å².